The number of aryl methyl sites for hydroxylation is 2. The molecule has 124 valence electrons. The zero-order valence-corrected chi connectivity index (χ0v) is 13.5. The quantitative estimate of drug-likeness (QED) is 0.682. The second kappa shape index (κ2) is 6.88. The molecule has 0 N–H and O–H groups in total. The van der Waals surface area contributed by atoms with E-state index in [9.17, 15) is 12.8 Å². The molecule has 0 aliphatic carbocycles. The van der Waals surface area contributed by atoms with Crippen molar-refractivity contribution in [2.75, 3.05) is 0 Å². The zero-order valence-electron chi connectivity index (χ0n) is 12.7. The highest BCUT2D eigenvalue weighted by atomic mass is 32.2. The summed E-state index contributed by atoms with van der Waals surface area (Å²) in [6.07, 6.45) is 0.665. The van der Waals surface area contributed by atoms with Gasteiger partial charge >= 0.3 is 0 Å². The van der Waals surface area contributed by atoms with Gasteiger partial charge in [0.25, 0.3) is 0 Å². The Kier molecular flexibility index (Phi) is 4.66. The van der Waals surface area contributed by atoms with Crippen LogP contribution in [-0.2, 0) is 28.6 Å². The first kappa shape index (κ1) is 16.3. The first-order valence-corrected chi connectivity index (χ1v) is 8.98. The number of benzene rings is 2. The summed E-state index contributed by atoms with van der Waals surface area (Å²) in [5, 5.41) is 11.1. The molecule has 1 aromatic heterocycles. The molecule has 0 spiro atoms. The average Bonchev–Trinajstić information content (AvgIpc) is 3.00. The molecule has 2 aromatic carbocycles. The Morgan fingerprint density at radius 1 is 1.00 bits per heavy atom. The second-order valence-electron chi connectivity index (χ2n) is 5.24. The van der Waals surface area contributed by atoms with Gasteiger partial charge in [0.1, 0.15) is 16.5 Å². The van der Waals surface area contributed by atoms with E-state index in [1.54, 1.807) is 0 Å². The zero-order chi connectivity index (χ0) is 17.0. The smallest absolute Gasteiger partial charge is 0.188 e. The van der Waals surface area contributed by atoms with E-state index in [0.29, 0.717) is 13.0 Å². The van der Waals surface area contributed by atoms with Gasteiger partial charge in [0.15, 0.2) is 15.7 Å². The predicted molar refractivity (Wildman–Crippen MR) is 85.3 cm³/mol. The fourth-order valence-electron chi connectivity index (χ4n) is 2.32. The Bertz CT molecular complexity index is 926. The standard InChI is InChI=1S/C16H15FN4O2S/c17-14-8-4-5-9-15(14)24(22,23)12-16-18-19-20-21(16)11-10-13-6-2-1-3-7-13/h1-9H,10-12H2. The van der Waals surface area contributed by atoms with E-state index < -0.39 is 21.4 Å². The van der Waals surface area contributed by atoms with Gasteiger partial charge in [0, 0.05) is 6.54 Å². The number of tetrazole rings is 1. The van der Waals surface area contributed by atoms with Gasteiger partial charge in [0.05, 0.1) is 0 Å². The van der Waals surface area contributed by atoms with Crippen LogP contribution in [0, 0.1) is 5.82 Å². The minimum atomic E-state index is -3.86. The van der Waals surface area contributed by atoms with E-state index in [-0.39, 0.29) is 10.7 Å². The monoisotopic (exact) mass is 346 g/mol. The van der Waals surface area contributed by atoms with Crippen molar-refractivity contribution < 1.29 is 12.8 Å². The summed E-state index contributed by atoms with van der Waals surface area (Å²) < 4.78 is 40.0. The Balaban J connectivity index is 1.77. The van der Waals surface area contributed by atoms with Gasteiger partial charge in [-0.15, -0.1) is 5.10 Å². The largest absolute Gasteiger partial charge is 0.228 e. The Morgan fingerprint density at radius 3 is 2.46 bits per heavy atom. The molecule has 0 atom stereocenters. The fraction of sp³-hybridized carbons (Fsp3) is 0.188. The number of sulfone groups is 1. The lowest BCUT2D eigenvalue weighted by Gasteiger charge is -2.07. The molecule has 0 fully saturated rings. The van der Waals surface area contributed by atoms with Crippen LogP contribution in [0.4, 0.5) is 4.39 Å². The summed E-state index contributed by atoms with van der Waals surface area (Å²) in [5.41, 5.74) is 1.09. The van der Waals surface area contributed by atoms with Gasteiger partial charge in [-0.25, -0.2) is 17.5 Å². The molecule has 0 radical (unpaired) electrons. The number of halogens is 1. The lowest BCUT2D eigenvalue weighted by molar-refractivity contribution is 0.553. The third-order valence-corrected chi connectivity index (χ3v) is 5.19. The van der Waals surface area contributed by atoms with Crippen LogP contribution in [-0.4, -0.2) is 28.6 Å². The van der Waals surface area contributed by atoms with E-state index in [1.165, 1.54) is 22.9 Å². The fourth-order valence-corrected chi connectivity index (χ4v) is 3.68. The van der Waals surface area contributed by atoms with Gasteiger partial charge in [-0.1, -0.05) is 42.5 Å². The number of hydrogen-bond acceptors (Lipinski definition) is 5. The lowest BCUT2D eigenvalue weighted by Crippen LogP contribution is -2.14. The Morgan fingerprint density at radius 2 is 1.71 bits per heavy atom. The van der Waals surface area contributed by atoms with Crippen molar-refractivity contribution in [2.24, 2.45) is 0 Å². The first-order chi connectivity index (χ1) is 11.6. The topological polar surface area (TPSA) is 77.7 Å². The molecule has 0 amide bonds. The molecule has 1 heterocycles. The van der Waals surface area contributed by atoms with E-state index in [2.05, 4.69) is 15.5 Å². The SMILES string of the molecule is O=S(=O)(Cc1nnnn1CCc1ccccc1)c1ccccc1F. The van der Waals surface area contributed by atoms with E-state index in [1.807, 2.05) is 30.3 Å². The summed E-state index contributed by atoms with van der Waals surface area (Å²) in [6, 6.07) is 15.0. The van der Waals surface area contributed by atoms with Crippen molar-refractivity contribution in [2.45, 2.75) is 23.6 Å². The molecule has 0 aliphatic rings. The first-order valence-electron chi connectivity index (χ1n) is 7.32. The average molecular weight is 346 g/mol. The van der Waals surface area contributed by atoms with Crippen molar-refractivity contribution >= 4 is 9.84 Å². The summed E-state index contributed by atoms with van der Waals surface area (Å²) in [5.74, 6) is -1.04. The number of nitrogens with zero attached hydrogens (tertiary/aromatic N) is 4. The van der Waals surface area contributed by atoms with Gasteiger partial charge < -0.3 is 0 Å². The highest BCUT2D eigenvalue weighted by molar-refractivity contribution is 7.90. The summed E-state index contributed by atoms with van der Waals surface area (Å²) in [7, 11) is -3.86. The predicted octanol–water partition coefficient (Wildman–Crippen LogP) is 2.03. The van der Waals surface area contributed by atoms with Crippen LogP contribution in [0.25, 0.3) is 0 Å². The maximum atomic E-state index is 13.7. The minimum Gasteiger partial charge on any atom is -0.228 e. The van der Waals surface area contributed by atoms with Gasteiger partial charge in [-0.05, 0) is 34.5 Å². The van der Waals surface area contributed by atoms with Gasteiger partial charge in [-0.3, -0.25) is 0 Å². The van der Waals surface area contributed by atoms with Crippen LogP contribution in [0.5, 0.6) is 0 Å². The molecule has 3 aromatic rings. The van der Waals surface area contributed by atoms with Gasteiger partial charge in [-0.2, -0.15) is 0 Å². The molecule has 0 saturated carbocycles. The molecule has 3 rings (SSSR count). The summed E-state index contributed by atoms with van der Waals surface area (Å²) in [4.78, 5) is -0.345. The van der Waals surface area contributed by atoms with Crippen molar-refractivity contribution in [1.29, 1.82) is 0 Å². The summed E-state index contributed by atoms with van der Waals surface area (Å²) >= 11 is 0. The molecule has 24 heavy (non-hydrogen) atoms. The van der Waals surface area contributed by atoms with Crippen LogP contribution < -0.4 is 0 Å². The van der Waals surface area contributed by atoms with E-state index in [0.717, 1.165) is 11.6 Å². The molecule has 6 nitrogen and oxygen atoms in total. The lowest BCUT2D eigenvalue weighted by atomic mass is 10.1. The van der Waals surface area contributed by atoms with Crippen LogP contribution in [0.15, 0.2) is 59.5 Å². The maximum Gasteiger partial charge on any atom is 0.188 e. The molecule has 0 aliphatic heterocycles. The van der Waals surface area contributed by atoms with E-state index in [4.69, 9.17) is 0 Å². The third-order valence-electron chi connectivity index (χ3n) is 3.55. The van der Waals surface area contributed by atoms with E-state index >= 15 is 0 Å². The van der Waals surface area contributed by atoms with Crippen LogP contribution in [0.1, 0.15) is 11.4 Å². The summed E-state index contributed by atoms with van der Waals surface area (Å²) in [6.45, 7) is 0.444. The number of rotatable bonds is 6. The van der Waals surface area contributed by atoms with Crippen LogP contribution in [0.3, 0.4) is 0 Å². The Labute approximate surface area is 138 Å². The highest BCUT2D eigenvalue weighted by Crippen LogP contribution is 2.18. The van der Waals surface area contributed by atoms with Crippen LogP contribution >= 0.6 is 0 Å². The number of hydrogen-bond donors (Lipinski definition) is 0. The van der Waals surface area contributed by atoms with Crippen molar-refractivity contribution in [3.63, 3.8) is 0 Å². The number of aromatic nitrogens is 4. The van der Waals surface area contributed by atoms with Crippen LogP contribution in [0.2, 0.25) is 0 Å². The Hall–Kier alpha value is -2.61. The molecule has 0 saturated heterocycles. The molecule has 0 bridgehead atoms. The molecular weight excluding hydrogens is 331 g/mol. The highest BCUT2D eigenvalue weighted by Gasteiger charge is 2.22. The molecule has 0 unspecified atom stereocenters. The third kappa shape index (κ3) is 3.65. The van der Waals surface area contributed by atoms with Gasteiger partial charge in [0.2, 0.25) is 0 Å². The second-order valence-corrected chi connectivity index (χ2v) is 7.20. The minimum absolute atomic E-state index is 0.189. The normalized spacial score (nSPS) is 11.5. The van der Waals surface area contributed by atoms with Crippen molar-refractivity contribution in [3.8, 4) is 0 Å². The molecule has 8 heteroatoms. The van der Waals surface area contributed by atoms with Crippen molar-refractivity contribution in [3.05, 3.63) is 71.8 Å². The maximum absolute atomic E-state index is 13.7. The molecular formula is C16H15FN4O2S. The van der Waals surface area contributed by atoms with Crippen molar-refractivity contribution in [1.82, 2.24) is 20.2 Å².